The number of hydrogen-bond donors (Lipinski definition) is 2. The average molecular weight is 374 g/mol. The minimum absolute atomic E-state index is 0.103. The van der Waals surface area contributed by atoms with Gasteiger partial charge >= 0.3 is 5.97 Å². The Hall–Kier alpha value is -2.80. The number of ether oxygens (including phenoxy) is 1. The maximum Gasteiger partial charge on any atom is 0.338 e. The second kappa shape index (κ2) is 7.61. The summed E-state index contributed by atoms with van der Waals surface area (Å²) in [6.45, 7) is 1.78. The van der Waals surface area contributed by atoms with E-state index in [-0.39, 0.29) is 17.3 Å². The molecule has 0 aliphatic carbocycles. The van der Waals surface area contributed by atoms with Crippen molar-refractivity contribution in [3.05, 3.63) is 82.6 Å². The van der Waals surface area contributed by atoms with Crippen LogP contribution in [0.4, 0.5) is 8.78 Å². The molecular formula is C19H16F2N2O2S. The fourth-order valence-corrected chi connectivity index (χ4v) is 2.98. The van der Waals surface area contributed by atoms with Crippen LogP contribution < -0.4 is 10.6 Å². The Balaban J connectivity index is 1.87. The van der Waals surface area contributed by atoms with Crippen molar-refractivity contribution in [3.8, 4) is 0 Å². The van der Waals surface area contributed by atoms with Crippen molar-refractivity contribution in [3.63, 3.8) is 0 Å². The van der Waals surface area contributed by atoms with E-state index < -0.39 is 23.6 Å². The molecule has 0 unspecified atom stereocenters. The Kier molecular flexibility index (Phi) is 5.27. The highest BCUT2D eigenvalue weighted by molar-refractivity contribution is 7.80. The second-order valence-corrected chi connectivity index (χ2v) is 6.21. The monoisotopic (exact) mass is 374 g/mol. The number of carbonyl (C=O) groups excluding carboxylic acids is 1. The van der Waals surface area contributed by atoms with Gasteiger partial charge in [0, 0.05) is 5.70 Å². The zero-order valence-corrected chi connectivity index (χ0v) is 14.7. The summed E-state index contributed by atoms with van der Waals surface area (Å²) in [5, 5.41) is 6.07. The van der Waals surface area contributed by atoms with Crippen LogP contribution >= 0.6 is 12.2 Å². The van der Waals surface area contributed by atoms with Crippen molar-refractivity contribution in [1.29, 1.82) is 0 Å². The van der Waals surface area contributed by atoms with Crippen LogP contribution in [-0.2, 0) is 16.1 Å². The molecule has 0 saturated carbocycles. The smallest absolute Gasteiger partial charge is 0.338 e. The van der Waals surface area contributed by atoms with E-state index in [1.165, 1.54) is 6.07 Å². The average Bonchev–Trinajstić information content (AvgIpc) is 2.62. The lowest BCUT2D eigenvalue weighted by atomic mass is 9.95. The van der Waals surface area contributed by atoms with Crippen molar-refractivity contribution in [2.45, 2.75) is 19.6 Å². The van der Waals surface area contributed by atoms with Gasteiger partial charge in [0.25, 0.3) is 0 Å². The van der Waals surface area contributed by atoms with E-state index in [2.05, 4.69) is 10.6 Å². The van der Waals surface area contributed by atoms with Gasteiger partial charge in [-0.1, -0.05) is 36.4 Å². The molecule has 7 heteroatoms. The molecular weight excluding hydrogens is 358 g/mol. The minimum Gasteiger partial charge on any atom is -0.457 e. The number of nitrogens with one attached hydrogen (secondary N) is 2. The molecule has 2 N–H and O–H groups in total. The summed E-state index contributed by atoms with van der Waals surface area (Å²) in [6.07, 6.45) is 0. The van der Waals surface area contributed by atoms with Crippen LogP contribution in [0.2, 0.25) is 0 Å². The third-order valence-corrected chi connectivity index (χ3v) is 4.20. The van der Waals surface area contributed by atoms with Gasteiger partial charge in [-0.15, -0.1) is 0 Å². The number of thiocarbonyl (C=S) groups is 1. The first-order valence-corrected chi connectivity index (χ1v) is 8.31. The molecule has 2 aromatic carbocycles. The fraction of sp³-hybridized carbons (Fsp3) is 0.158. The maximum absolute atomic E-state index is 13.6. The summed E-state index contributed by atoms with van der Waals surface area (Å²) < 4.78 is 32.3. The van der Waals surface area contributed by atoms with Crippen LogP contribution in [0.5, 0.6) is 0 Å². The first kappa shape index (κ1) is 18.0. The maximum atomic E-state index is 13.6. The Bertz CT molecular complexity index is 884. The van der Waals surface area contributed by atoms with E-state index in [4.69, 9.17) is 17.0 Å². The number of halogens is 2. The van der Waals surface area contributed by atoms with Crippen molar-refractivity contribution >= 4 is 23.3 Å². The highest BCUT2D eigenvalue weighted by atomic mass is 32.1. The molecule has 1 heterocycles. The number of allylic oxidation sites excluding steroid dienone is 1. The van der Waals surface area contributed by atoms with Crippen LogP contribution in [0.25, 0.3) is 0 Å². The topological polar surface area (TPSA) is 50.4 Å². The fourth-order valence-electron chi connectivity index (χ4n) is 2.71. The van der Waals surface area contributed by atoms with Crippen LogP contribution in [-0.4, -0.2) is 11.1 Å². The van der Waals surface area contributed by atoms with Gasteiger partial charge in [-0.05, 0) is 42.4 Å². The van der Waals surface area contributed by atoms with E-state index in [0.717, 1.165) is 17.7 Å². The lowest BCUT2D eigenvalue weighted by molar-refractivity contribution is -0.140. The number of hydrogen-bond acceptors (Lipinski definition) is 3. The van der Waals surface area contributed by atoms with Crippen LogP contribution in [0.3, 0.4) is 0 Å². The van der Waals surface area contributed by atoms with Crippen molar-refractivity contribution in [1.82, 2.24) is 10.6 Å². The van der Waals surface area contributed by atoms with Gasteiger partial charge in [-0.3, -0.25) is 0 Å². The predicted molar refractivity (Wildman–Crippen MR) is 96.9 cm³/mol. The molecule has 1 aliphatic heterocycles. The Morgan fingerprint density at radius 3 is 2.58 bits per heavy atom. The Morgan fingerprint density at radius 1 is 1.15 bits per heavy atom. The van der Waals surface area contributed by atoms with Crippen molar-refractivity contribution < 1.29 is 18.3 Å². The number of carbonyl (C=O) groups is 1. The third kappa shape index (κ3) is 3.88. The molecule has 0 bridgehead atoms. The Morgan fingerprint density at radius 2 is 1.88 bits per heavy atom. The molecule has 0 aromatic heterocycles. The number of rotatable bonds is 4. The van der Waals surface area contributed by atoms with Gasteiger partial charge < -0.3 is 15.4 Å². The van der Waals surface area contributed by atoms with E-state index in [1.807, 2.05) is 30.3 Å². The first-order chi connectivity index (χ1) is 12.5. The number of esters is 1. The quantitative estimate of drug-likeness (QED) is 0.634. The molecule has 0 saturated heterocycles. The summed E-state index contributed by atoms with van der Waals surface area (Å²) in [5.74, 6) is -2.52. The molecule has 0 amide bonds. The summed E-state index contributed by atoms with van der Waals surface area (Å²) in [6, 6.07) is 12.0. The molecule has 2 aromatic rings. The lowest BCUT2D eigenvalue weighted by Crippen LogP contribution is -2.45. The van der Waals surface area contributed by atoms with Gasteiger partial charge in [-0.25, -0.2) is 13.6 Å². The lowest BCUT2D eigenvalue weighted by Gasteiger charge is -2.30. The molecule has 1 atom stereocenters. The zero-order valence-electron chi connectivity index (χ0n) is 13.9. The van der Waals surface area contributed by atoms with E-state index in [1.54, 1.807) is 6.92 Å². The predicted octanol–water partition coefficient (Wildman–Crippen LogP) is 3.50. The Labute approximate surface area is 154 Å². The van der Waals surface area contributed by atoms with Gasteiger partial charge in [0.1, 0.15) is 6.61 Å². The first-order valence-electron chi connectivity index (χ1n) is 7.90. The molecule has 3 rings (SSSR count). The van der Waals surface area contributed by atoms with E-state index in [0.29, 0.717) is 11.3 Å². The molecule has 0 radical (unpaired) electrons. The summed E-state index contributed by atoms with van der Waals surface area (Å²) in [7, 11) is 0. The van der Waals surface area contributed by atoms with Crippen molar-refractivity contribution in [2.24, 2.45) is 0 Å². The summed E-state index contributed by atoms with van der Waals surface area (Å²) >= 11 is 5.12. The van der Waals surface area contributed by atoms with Crippen LogP contribution in [0.1, 0.15) is 24.1 Å². The molecule has 0 spiro atoms. The number of benzene rings is 2. The standard InChI is InChI=1S/C19H16F2N2O2S/c1-11-16(18(24)25-10-12-5-3-2-4-6-12)17(23-19(26)22-11)13-7-8-14(20)15(21)9-13/h2-9,17H,10H2,1H3,(H2,22,23,26)/t17-/m0/s1. The molecule has 0 fully saturated rings. The van der Waals surface area contributed by atoms with E-state index in [9.17, 15) is 13.6 Å². The van der Waals surface area contributed by atoms with Gasteiger partial charge in [-0.2, -0.15) is 0 Å². The van der Waals surface area contributed by atoms with Crippen LogP contribution in [0.15, 0.2) is 59.8 Å². The molecule has 4 nitrogen and oxygen atoms in total. The van der Waals surface area contributed by atoms with E-state index >= 15 is 0 Å². The summed E-state index contributed by atoms with van der Waals surface area (Å²) in [5.41, 5.74) is 1.98. The van der Waals surface area contributed by atoms with Crippen molar-refractivity contribution in [2.75, 3.05) is 0 Å². The molecule has 134 valence electrons. The molecule has 1 aliphatic rings. The SMILES string of the molecule is CC1=C(C(=O)OCc2ccccc2)[C@H](c2ccc(F)c(F)c2)NC(=S)N1. The van der Waals surface area contributed by atoms with Gasteiger partial charge in [0.15, 0.2) is 16.7 Å². The van der Waals surface area contributed by atoms with Gasteiger partial charge in [0.05, 0.1) is 11.6 Å². The zero-order chi connectivity index (χ0) is 18.7. The van der Waals surface area contributed by atoms with Gasteiger partial charge in [0.2, 0.25) is 0 Å². The second-order valence-electron chi connectivity index (χ2n) is 5.81. The normalized spacial score (nSPS) is 16.7. The molecule has 26 heavy (non-hydrogen) atoms. The highest BCUT2D eigenvalue weighted by Crippen LogP contribution is 2.28. The third-order valence-electron chi connectivity index (χ3n) is 3.98. The minimum atomic E-state index is -0.997. The summed E-state index contributed by atoms with van der Waals surface area (Å²) in [4.78, 5) is 12.7. The highest BCUT2D eigenvalue weighted by Gasteiger charge is 2.31. The largest absolute Gasteiger partial charge is 0.457 e. The van der Waals surface area contributed by atoms with Crippen LogP contribution in [0, 0.1) is 11.6 Å².